The van der Waals surface area contributed by atoms with Gasteiger partial charge in [0.1, 0.15) is 5.82 Å². The summed E-state index contributed by atoms with van der Waals surface area (Å²) in [5.74, 6) is 0.366. The molecule has 98 valence electrons. The molecule has 6 heteroatoms. The Morgan fingerprint density at radius 2 is 2.39 bits per heavy atom. The minimum Gasteiger partial charge on any atom is -0.397 e. The Balaban J connectivity index is 2.20. The fourth-order valence-electron chi connectivity index (χ4n) is 2.23. The van der Waals surface area contributed by atoms with Crippen LogP contribution in [0.15, 0.2) is 12.3 Å². The number of hydrogen-bond acceptors (Lipinski definition) is 5. The van der Waals surface area contributed by atoms with Crippen LogP contribution in [0.25, 0.3) is 0 Å². The van der Waals surface area contributed by atoms with Gasteiger partial charge < -0.3 is 21.5 Å². The minimum absolute atomic E-state index is 0.237. The van der Waals surface area contributed by atoms with Crippen LogP contribution in [-0.2, 0) is 0 Å². The maximum atomic E-state index is 11.2. The van der Waals surface area contributed by atoms with Gasteiger partial charge in [-0.3, -0.25) is 4.79 Å². The number of rotatable bonds is 3. The van der Waals surface area contributed by atoms with E-state index in [1.165, 1.54) is 6.20 Å². The highest BCUT2D eigenvalue weighted by atomic mass is 16.3. The zero-order valence-corrected chi connectivity index (χ0v) is 10.3. The van der Waals surface area contributed by atoms with Gasteiger partial charge in [-0.2, -0.15) is 0 Å². The smallest absolute Gasteiger partial charge is 0.250 e. The molecule has 1 amide bonds. The van der Waals surface area contributed by atoms with Crippen LogP contribution >= 0.6 is 0 Å². The van der Waals surface area contributed by atoms with E-state index >= 15 is 0 Å². The van der Waals surface area contributed by atoms with Gasteiger partial charge in [0.15, 0.2) is 0 Å². The lowest BCUT2D eigenvalue weighted by atomic mass is 10.0. The van der Waals surface area contributed by atoms with Gasteiger partial charge in [0, 0.05) is 19.0 Å². The molecular weight excluding hydrogens is 232 g/mol. The SMILES string of the molecule is CC(O)C1CCN(c2cc(C(N)=O)c(N)cn2)C1. The summed E-state index contributed by atoms with van der Waals surface area (Å²) < 4.78 is 0. The monoisotopic (exact) mass is 250 g/mol. The first-order valence-corrected chi connectivity index (χ1v) is 5.97. The molecule has 6 nitrogen and oxygen atoms in total. The van der Waals surface area contributed by atoms with E-state index in [-0.39, 0.29) is 17.7 Å². The van der Waals surface area contributed by atoms with Gasteiger partial charge in [-0.1, -0.05) is 0 Å². The van der Waals surface area contributed by atoms with Crippen molar-refractivity contribution in [2.24, 2.45) is 11.7 Å². The van der Waals surface area contributed by atoms with E-state index in [1.54, 1.807) is 13.0 Å². The summed E-state index contributed by atoms with van der Waals surface area (Å²) in [7, 11) is 0. The van der Waals surface area contributed by atoms with Crippen molar-refractivity contribution < 1.29 is 9.90 Å². The molecular formula is C12H18N4O2. The Morgan fingerprint density at radius 3 is 2.94 bits per heavy atom. The average molecular weight is 250 g/mol. The fraction of sp³-hybridized carbons (Fsp3) is 0.500. The lowest BCUT2D eigenvalue weighted by Gasteiger charge is -2.19. The van der Waals surface area contributed by atoms with Crippen molar-refractivity contribution in [3.63, 3.8) is 0 Å². The van der Waals surface area contributed by atoms with E-state index in [4.69, 9.17) is 11.5 Å². The van der Waals surface area contributed by atoms with Crippen LogP contribution in [0.5, 0.6) is 0 Å². The van der Waals surface area contributed by atoms with Gasteiger partial charge in [0.05, 0.1) is 23.6 Å². The van der Waals surface area contributed by atoms with Crippen LogP contribution in [0.3, 0.4) is 0 Å². The Labute approximate surface area is 106 Å². The average Bonchev–Trinajstić information content (AvgIpc) is 2.78. The molecule has 0 aromatic carbocycles. The Morgan fingerprint density at radius 1 is 1.67 bits per heavy atom. The van der Waals surface area contributed by atoms with Crippen molar-refractivity contribution in [1.82, 2.24) is 4.98 Å². The van der Waals surface area contributed by atoms with Gasteiger partial charge >= 0.3 is 0 Å². The Bertz CT molecular complexity index is 461. The molecule has 2 atom stereocenters. The molecule has 2 heterocycles. The van der Waals surface area contributed by atoms with E-state index in [2.05, 4.69) is 4.98 Å². The Hall–Kier alpha value is -1.82. The largest absolute Gasteiger partial charge is 0.397 e. The van der Waals surface area contributed by atoms with Crippen LogP contribution in [0.2, 0.25) is 0 Å². The number of nitrogens with zero attached hydrogens (tertiary/aromatic N) is 2. The number of pyridine rings is 1. The molecule has 2 unspecified atom stereocenters. The molecule has 1 saturated heterocycles. The summed E-state index contributed by atoms with van der Waals surface area (Å²) in [6.45, 7) is 3.33. The number of nitrogen functional groups attached to an aromatic ring is 1. The topological polar surface area (TPSA) is 105 Å². The molecule has 0 aliphatic carbocycles. The van der Waals surface area contributed by atoms with Crippen LogP contribution < -0.4 is 16.4 Å². The van der Waals surface area contributed by atoms with Crippen LogP contribution in [0, 0.1) is 5.92 Å². The van der Waals surface area contributed by atoms with E-state index in [9.17, 15) is 9.90 Å². The summed E-state index contributed by atoms with van der Waals surface area (Å²) in [4.78, 5) is 17.5. The molecule has 0 spiro atoms. The number of primary amides is 1. The second-order valence-corrected chi connectivity index (χ2v) is 4.73. The highest BCUT2D eigenvalue weighted by Gasteiger charge is 2.27. The van der Waals surface area contributed by atoms with Crippen molar-refractivity contribution >= 4 is 17.4 Å². The highest BCUT2D eigenvalue weighted by Crippen LogP contribution is 2.26. The number of nitrogens with two attached hydrogens (primary N) is 2. The molecule has 1 aliphatic heterocycles. The predicted octanol–water partition coefficient (Wildman–Crippen LogP) is -0.0302. The molecule has 0 saturated carbocycles. The number of aliphatic hydroxyl groups is 1. The number of amides is 1. The number of hydrogen-bond donors (Lipinski definition) is 3. The van der Waals surface area contributed by atoms with E-state index < -0.39 is 5.91 Å². The van der Waals surface area contributed by atoms with Gasteiger partial charge in [-0.05, 0) is 19.4 Å². The molecule has 1 fully saturated rings. The van der Waals surface area contributed by atoms with Gasteiger partial charge in [0.2, 0.25) is 0 Å². The summed E-state index contributed by atoms with van der Waals surface area (Å²) in [6.07, 6.45) is 2.03. The van der Waals surface area contributed by atoms with Crippen molar-refractivity contribution in [1.29, 1.82) is 0 Å². The summed E-state index contributed by atoms with van der Waals surface area (Å²) in [5.41, 5.74) is 11.5. The zero-order chi connectivity index (χ0) is 13.3. The molecule has 0 bridgehead atoms. The minimum atomic E-state index is -0.553. The van der Waals surface area contributed by atoms with E-state index in [1.807, 2.05) is 4.90 Å². The fourth-order valence-corrected chi connectivity index (χ4v) is 2.23. The van der Waals surface area contributed by atoms with Gasteiger partial charge in [-0.25, -0.2) is 4.98 Å². The lowest BCUT2D eigenvalue weighted by molar-refractivity contribution is 0.100. The van der Waals surface area contributed by atoms with Crippen LogP contribution in [-0.4, -0.2) is 35.2 Å². The molecule has 1 aromatic rings. The first kappa shape index (κ1) is 12.6. The number of anilines is 2. The summed E-state index contributed by atoms with van der Waals surface area (Å²) >= 11 is 0. The number of aliphatic hydroxyl groups excluding tert-OH is 1. The van der Waals surface area contributed by atoms with Crippen molar-refractivity contribution in [3.05, 3.63) is 17.8 Å². The summed E-state index contributed by atoms with van der Waals surface area (Å²) in [6, 6.07) is 1.61. The predicted molar refractivity (Wildman–Crippen MR) is 69.2 cm³/mol. The quantitative estimate of drug-likeness (QED) is 0.698. The maximum Gasteiger partial charge on any atom is 0.250 e. The normalized spacial score (nSPS) is 21.0. The lowest BCUT2D eigenvalue weighted by Crippen LogP contribution is -2.25. The standard InChI is InChI=1S/C12H18N4O2/c1-7(17)8-2-3-16(6-8)11-4-9(12(14)18)10(13)5-15-11/h4-5,7-8,17H,2-3,6,13H2,1H3,(H2,14,18). The summed E-state index contributed by atoms with van der Waals surface area (Å²) in [5, 5.41) is 9.56. The first-order valence-electron chi connectivity index (χ1n) is 5.97. The number of carbonyl (C=O) groups excluding carboxylic acids is 1. The number of aromatic nitrogens is 1. The van der Waals surface area contributed by atoms with Crippen molar-refractivity contribution in [2.45, 2.75) is 19.4 Å². The molecule has 2 rings (SSSR count). The van der Waals surface area contributed by atoms with E-state index in [0.717, 1.165) is 19.5 Å². The molecule has 1 aliphatic rings. The molecule has 18 heavy (non-hydrogen) atoms. The zero-order valence-electron chi connectivity index (χ0n) is 10.3. The molecule has 0 radical (unpaired) electrons. The maximum absolute atomic E-state index is 11.2. The van der Waals surface area contributed by atoms with Gasteiger partial charge in [-0.15, -0.1) is 0 Å². The Kier molecular flexibility index (Phi) is 3.38. The van der Waals surface area contributed by atoms with E-state index in [0.29, 0.717) is 11.4 Å². The second-order valence-electron chi connectivity index (χ2n) is 4.73. The van der Waals surface area contributed by atoms with Crippen molar-refractivity contribution in [2.75, 3.05) is 23.7 Å². The van der Waals surface area contributed by atoms with Gasteiger partial charge in [0.25, 0.3) is 5.91 Å². The number of carbonyl (C=O) groups is 1. The van der Waals surface area contributed by atoms with Crippen LogP contribution in [0.1, 0.15) is 23.7 Å². The third kappa shape index (κ3) is 2.38. The molecule has 1 aromatic heterocycles. The third-order valence-corrected chi connectivity index (χ3v) is 3.42. The van der Waals surface area contributed by atoms with Crippen LogP contribution in [0.4, 0.5) is 11.5 Å². The second kappa shape index (κ2) is 4.81. The first-order chi connectivity index (χ1) is 8.49. The highest BCUT2D eigenvalue weighted by molar-refractivity contribution is 5.98. The van der Waals surface area contributed by atoms with Crippen molar-refractivity contribution in [3.8, 4) is 0 Å². The molecule has 5 N–H and O–H groups in total. The third-order valence-electron chi connectivity index (χ3n) is 3.42.